The summed E-state index contributed by atoms with van der Waals surface area (Å²) in [6, 6.07) is 5.62. The van der Waals surface area contributed by atoms with Crippen LogP contribution in [0.1, 0.15) is 5.56 Å². The summed E-state index contributed by atoms with van der Waals surface area (Å²) in [5, 5.41) is 8.91. The molecule has 0 aliphatic rings. The third-order valence-corrected chi connectivity index (χ3v) is 3.19. The number of nitrogens with two attached hydrogens (primary N) is 1. The van der Waals surface area contributed by atoms with Crippen molar-refractivity contribution in [3.63, 3.8) is 0 Å². The van der Waals surface area contributed by atoms with Gasteiger partial charge in [0.05, 0.1) is 17.2 Å². The fourth-order valence-corrected chi connectivity index (χ4v) is 2.74. The number of thiocarbonyl (C=S) groups is 1. The highest BCUT2D eigenvalue weighted by Crippen LogP contribution is 2.33. The van der Waals surface area contributed by atoms with Gasteiger partial charge in [-0.2, -0.15) is 5.26 Å². The van der Waals surface area contributed by atoms with Gasteiger partial charge in [0, 0.05) is 10.0 Å². The van der Waals surface area contributed by atoms with Crippen molar-refractivity contribution < 1.29 is 4.74 Å². The van der Waals surface area contributed by atoms with Crippen molar-refractivity contribution in [2.45, 2.75) is 0 Å². The Morgan fingerprint density at radius 1 is 1.53 bits per heavy atom. The molecule has 0 aliphatic carbocycles. The van der Waals surface area contributed by atoms with Gasteiger partial charge in [-0.3, -0.25) is 0 Å². The quantitative estimate of drug-likeness (QED) is 0.499. The molecule has 0 unspecified atom stereocenters. The van der Waals surface area contributed by atoms with Crippen LogP contribution in [0.15, 0.2) is 26.7 Å². The van der Waals surface area contributed by atoms with Gasteiger partial charge in [-0.15, -0.1) is 0 Å². The number of methoxy groups -OCH3 is 1. The predicted octanol–water partition coefficient (Wildman–Crippen LogP) is 3.41. The molecule has 0 aromatic heterocycles. The smallest absolute Gasteiger partial charge is 0.140 e. The van der Waals surface area contributed by atoms with Gasteiger partial charge in [0.1, 0.15) is 16.8 Å². The van der Waals surface area contributed by atoms with Crippen LogP contribution in [0.4, 0.5) is 0 Å². The van der Waals surface area contributed by atoms with Crippen molar-refractivity contribution in [1.82, 2.24) is 0 Å². The summed E-state index contributed by atoms with van der Waals surface area (Å²) in [5.74, 6) is 0.622. The van der Waals surface area contributed by atoms with Gasteiger partial charge in [0.25, 0.3) is 0 Å². The summed E-state index contributed by atoms with van der Waals surface area (Å²) in [4.78, 5) is 0.0608. The van der Waals surface area contributed by atoms with E-state index in [-0.39, 0.29) is 10.6 Å². The van der Waals surface area contributed by atoms with Crippen LogP contribution in [0.3, 0.4) is 0 Å². The number of nitrogens with zero attached hydrogens (tertiary/aromatic N) is 1. The van der Waals surface area contributed by atoms with Crippen molar-refractivity contribution in [2.75, 3.05) is 7.11 Å². The van der Waals surface area contributed by atoms with Gasteiger partial charge in [0.2, 0.25) is 0 Å². The highest BCUT2D eigenvalue weighted by molar-refractivity contribution is 9.11. The van der Waals surface area contributed by atoms with Gasteiger partial charge < -0.3 is 10.5 Å². The number of halogens is 2. The Hall–Kier alpha value is -0.900. The van der Waals surface area contributed by atoms with E-state index >= 15 is 0 Å². The van der Waals surface area contributed by atoms with Crippen LogP contribution in [0.5, 0.6) is 5.75 Å². The van der Waals surface area contributed by atoms with Crippen LogP contribution in [0, 0.1) is 11.3 Å². The molecule has 1 aromatic rings. The van der Waals surface area contributed by atoms with Crippen molar-refractivity contribution in [2.24, 2.45) is 5.73 Å². The standard InChI is InChI=1S/C11H8Br2N2OS/c1-16-10-6(2-7(5-14)11(15)17)3-8(12)4-9(10)13/h2-4H,1H3,(H2,15,17)/b7-2+. The maximum atomic E-state index is 8.91. The SMILES string of the molecule is COc1c(Br)cc(Br)cc1/C=C(\C#N)C(N)=S. The monoisotopic (exact) mass is 374 g/mol. The number of hydrogen-bond acceptors (Lipinski definition) is 3. The highest BCUT2D eigenvalue weighted by Gasteiger charge is 2.09. The van der Waals surface area contributed by atoms with E-state index in [1.807, 2.05) is 18.2 Å². The Bertz CT molecular complexity index is 535. The number of hydrogen-bond donors (Lipinski definition) is 1. The van der Waals surface area contributed by atoms with Gasteiger partial charge in [-0.1, -0.05) is 28.1 Å². The van der Waals surface area contributed by atoms with Gasteiger partial charge in [0.15, 0.2) is 0 Å². The first kappa shape index (κ1) is 14.2. The number of nitriles is 1. The van der Waals surface area contributed by atoms with E-state index in [1.54, 1.807) is 13.2 Å². The number of ether oxygens (including phenoxy) is 1. The van der Waals surface area contributed by atoms with Crippen LogP contribution < -0.4 is 10.5 Å². The lowest BCUT2D eigenvalue weighted by molar-refractivity contribution is 0.411. The van der Waals surface area contributed by atoms with Gasteiger partial charge >= 0.3 is 0 Å². The van der Waals surface area contributed by atoms with E-state index in [9.17, 15) is 0 Å². The second-order valence-corrected chi connectivity index (χ2v) is 5.25. The molecule has 0 fully saturated rings. The molecule has 0 bridgehead atoms. The Morgan fingerprint density at radius 3 is 2.65 bits per heavy atom. The maximum Gasteiger partial charge on any atom is 0.140 e. The molecule has 88 valence electrons. The molecule has 0 heterocycles. The maximum absolute atomic E-state index is 8.91. The Labute approximate surface area is 122 Å². The Kier molecular flexibility index (Phi) is 5.12. The van der Waals surface area contributed by atoms with E-state index in [4.69, 9.17) is 28.0 Å². The minimum Gasteiger partial charge on any atom is -0.495 e. The summed E-state index contributed by atoms with van der Waals surface area (Å²) >= 11 is 11.5. The zero-order chi connectivity index (χ0) is 13.0. The molecule has 0 amide bonds. The molecular weight excluding hydrogens is 368 g/mol. The number of benzene rings is 1. The Morgan fingerprint density at radius 2 is 2.18 bits per heavy atom. The first-order valence-electron chi connectivity index (χ1n) is 4.44. The summed E-state index contributed by atoms with van der Waals surface area (Å²) in [7, 11) is 1.55. The molecular formula is C11H8Br2N2OS. The molecule has 3 nitrogen and oxygen atoms in total. The zero-order valence-electron chi connectivity index (χ0n) is 8.83. The molecule has 0 aliphatic heterocycles. The number of rotatable bonds is 3. The third kappa shape index (κ3) is 3.53. The largest absolute Gasteiger partial charge is 0.495 e. The zero-order valence-corrected chi connectivity index (χ0v) is 12.8. The summed E-state index contributed by atoms with van der Waals surface area (Å²) in [6.07, 6.45) is 1.59. The second-order valence-electron chi connectivity index (χ2n) is 3.04. The van der Waals surface area contributed by atoms with Gasteiger partial charge in [-0.05, 0) is 34.1 Å². The van der Waals surface area contributed by atoms with Crippen molar-refractivity contribution in [3.8, 4) is 11.8 Å². The summed E-state index contributed by atoms with van der Waals surface area (Å²) < 4.78 is 6.89. The van der Waals surface area contributed by atoms with E-state index < -0.39 is 0 Å². The molecule has 0 atom stereocenters. The molecule has 6 heteroatoms. The van der Waals surface area contributed by atoms with E-state index in [1.165, 1.54) is 0 Å². The highest BCUT2D eigenvalue weighted by atomic mass is 79.9. The second kappa shape index (κ2) is 6.15. The molecule has 0 saturated carbocycles. The summed E-state index contributed by atoms with van der Waals surface area (Å²) in [5.41, 5.74) is 6.40. The molecule has 0 saturated heterocycles. The van der Waals surface area contributed by atoms with Crippen molar-refractivity contribution in [1.29, 1.82) is 5.26 Å². The fraction of sp³-hybridized carbons (Fsp3) is 0.0909. The minimum absolute atomic E-state index is 0.0608. The summed E-state index contributed by atoms with van der Waals surface area (Å²) in [6.45, 7) is 0. The van der Waals surface area contributed by atoms with E-state index in [2.05, 4.69) is 31.9 Å². The lowest BCUT2D eigenvalue weighted by Gasteiger charge is -2.08. The molecule has 0 radical (unpaired) electrons. The first-order valence-corrected chi connectivity index (χ1v) is 6.43. The third-order valence-electron chi connectivity index (χ3n) is 1.93. The average Bonchev–Trinajstić information content (AvgIpc) is 2.24. The van der Waals surface area contributed by atoms with Crippen LogP contribution in [0.25, 0.3) is 6.08 Å². The lowest BCUT2D eigenvalue weighted by atomic mass is 10.1. The predicted molar refractivity (Wildman–Crippen MR) is 78.8 cm³/mol. The lowest BCUT2D eigenvalue weighted by Crippen LogP contribution is -2.09. The minimum atomic E-state index is 0.0608. The molecule has 1 aromatic carbocycles. The molecule has 17 heavy (non-hydrogen) atoms. The Balaban J connectivity index is 3.41. The topological polar surface area (TPSA) is 59.0 Å². The normalized spacial score (nSPS) is 10.8. The van der Waals surface area contributed by atoms with Crippen LogP contribution in [0.2, 0.25) is 0 Å². The van der Waals surface area contributed by atoms with E-state index in [0.29, 0.717) is 5.75 Å². The molecule has 1 rings (SSSR count). The van der Waals surface area contributed by atoms with Crippen molar-refractivity contribution >= 4 is 55.1 Å². The average molecular weight is 376 g/mol. The first-order chi connectivity index (χ1) is 7.99. The van der Waals surface area contributed by atoms with E-state index in [0.717, 1.165) is 14.5 Å². The molecule has 2 N–H and O–H groups in total. The van der Waals surface area contributed by atoms with Crippen molar-refractivity contribution in [3.05, 3.63) is 32.2 Å². The molecule has 0 spiro atoms. The van der Waals surface area contributed by atoms with Crippen LogP contribution >= 0.6 is 44.1 Å². The van der Waals surface area contributed by atoms with Gasteiger partial charge in [-0.25, -0.2) is 0 Å². The fourth-order valence-electron chi connectivity index (χ4n) is 1.22. The van der Waals surface area contributed by atoms with Crippen LogP contribution in [-0.2, 0) is 0 Å². The van der Waals surface area contributed by atoms with Crippen LogP contribution in [-0.4, -0.2) is 12.1 Å².